The van der Waals surface area contributed by atoms with E-state index in [9.17, 15) is 4.79 Å². The fourth-order valence-electron chi connectivity index (χ4n) is 3.35. The molecule has 0 aromatic heterocycles. The summed E-state index contributed by atoms with van der Waals surface area (Å²) in [5.41, 5.74) is 3.80. The molecule has 0 spiro atoms. The Labute approximate surface area is 132 Å². The molecule has 1 aliphatic rings. The van der Waals surface area contributed by atoms with Crippen molar-refractivity contribution in [3.63, 3.8) is 0 Å². The number of likely N-dealkylation sites (tertiary alicyclic amines) is 1. The maximum atomic E-state index is 12.8. The average Bonchev–Trinajstić information content (AvgIpc) is 2.91. The number of benzene rings is 2. The summed E-state index contributed by atoms with van der Waals surface area (Å²) < 4.78 is 0. The van der Waals surface area contributed by atoms with Gasteiger partial charge in [-0.15, -0.1) is 0 Å². The summed E-state index contributed by atoms with van der Waals surface area (Å²) >= 11 is 0. The number of aryl methyl sites for hydroxylation is 1. The molecule has 2 nitrogen and oxygen atoms in total. The van der Waals surface area contributed by atoms with Crippen LogP contribution in [0, 0.1) is 12.8 Å². The zero-order chi connectivity index (χ0) is 15.5. The van der Waals surface area contributed by atoms with Gasteiger partial charge in [0.15, 0.2) is 0 Å². The van der Waals surface area contributed by atoms with Crippen LogP contribution in [0.25, 0.3) is 0 Å². The number of carbonyl (C=O) groups is 1. The first kappa shape index (κ1) is 14.8. The molecule has 1 amide bonds. The van der Waals surface area contributed by atoms with Crippen LogP contribution in [0.15, 0.2) is 54.6 Å². The second-order valence-electron chi connectivity index (χ2n) is 6.23. The minimum atomic E-state index is 0.132. The third kappa shape index (κ3) is 2.92. The van der Waals surface area contributed by atoms with Crippen molar-refractivity contribution in [2.75, 3.05) is 6.54 Å². The smallest absolute Gasteiger partial charge is 0.226 e. The molecule has 0 aliphatic carbocycles. The van der Waals surface area contributed by atoms with Crippen LogP contribution in [0.5, 0.6) is 0 Å². The highest BCUT2D eigenvalue weighted by Gasteiger charge is 2.34. The van der Waals surface area contributed by atoms with Crippen LogP contribution in [0.2, 0.25) is 0 Å². The fraction of sp³-hybridized carbons (Fsp3) is 0.350. The summed E-state index contributed by atoms with van der Waals surface area (Å²) in [4.78, 5) is 14.8. The van der Waals surface area contributed by atoms with Crippen LogP contribution in [-0.2, 0) is 11.2 Å². The highest BCUT2D eigenvalue weighted by atomic mass is 16.2. The predicted molar refractivity (Wildman–Crippen MR) is 89.6 cm³/mol. The Morgan fingerprint density at radius 2 is 1.77 bits per heavy atom. The Hall–Kier alpha value is -2.09. The molecule has 1 fully saturated rings. The third-order valence-corrected chi connectivity index (χ3v) is 4.83. The van der Waals surface area contributed by atoms with Gasteiger partial charge in [0.05, 0.1) is 6.04 Å². The summed E-state index contributed by atoms with van der Waals surface area (Å²) in [5, 5.41) is 0. The van der Waals surface area contributed by atoms with Gasteiger partial charge >= 0.3 is 0 Å². The van der Waals surface area contributed by atoms with Gasteiger partial charge in [0, 0.05) is 12.5 Å². The van der Waals surface area contributed by atoms with E-state index in [0.717, 1.165) is 19.4 Å². The number of nitrogens with zero attached hydrogens (tertiary/aromatic N) is 1. The lowest BCUT2D eigenvalue weighted by Gasteiger charge is -2.25. The minimum absolute atomic E-state index is 0.132. The lowest BCUT2D eigenvalue weighted by atomic mass is 9.95. The molecule has 0 saturated carbocycles. The van der Waals surface area contributed by atoms with Crippen molar-refractivity contribution < 1.29 is 4.79 Å². The van der Waals surface area contributed by atoms with Gasteiger partial charge in [-0.05, 0) is 43.4 Å². The van der Waals surface area contributed by atoms with E-state index in [2.05, 4.69) is 50.2 Å². The molecular formula is C20H23NO. The van der Waals surface area contributed by atoms with Gasteiger partial charge in [-0.25, -0.2) is 0 Å². The SMILES string of the molecule is Cc1ccccc1CC1CCN([C@H](C)c2ccccc2)C1=O. The van der Waals surface area contributed by atoms with Crippen LogP contribution < -0.4 is 0 Å². The second-order valence-corrected chi connectivity index (χ2v) is 6.23. The number of amides is 1. The monoisotopic (exact) mass is 293 g/mol. The molecular weight excluding hydrogens is 270 g/mol. The van der Waals surface area contributed by atoms with Crippen molar-refractivity contribution in [2.45, 2.75) is 32.7 Å². The largest absolute Gasteiger partial charge is 0.336 e. The number of hydrogen-bond acceptors (Lipinski definition) is 1. The molecule has 1 heterocycles. The lowest BCUT2D eigenvalue weighted by Crippen LogP contribution is -2.30. The molecule has 2 heteroatoms. The molecule has 1 unspecified atom stereocenters. The van der Waals surface area contributed by atoms with Crippen molar-refractivity contribution in [3.8, 4) is 0 Å². The summed E-state index contributed by atoms with van der Waals surface area (Å²) in [6.45, 7) is 5.12. The van der Waals surface area contributed by atoms with Crippen molar-refractivity contribution in [1.29, 1.82) is 0 Å². The first-order chi connectivity index (χ1) is 10.7. The van der Waals surface area contributed by atoms with Crippen LogP contribution >= 0.6 is 0 Å². The summed E-state index contributed by atoms with van der Waals surface area (Å²) in [6.07, 6.45) is 1.83. The second kappa shape index (κ2) is 6.35. The summed E-state index contributed by atoms with van der Waals surface area (Å²) in [6, 6.07) is 18.8. The molecule has 1 saturated heterocycles. The highest BCUT2D eigenvalue weighted by Crippen LogP contribution is 2.30. The fourth-order valence-corrected chi connectivity index (χ4v) is 3.35. The van der Waals surface area contributed by atoms with Crippen LogP contribution in [0.4, 0.5) is 0 Å². The van der Waals surface area contributed by atoms with Crippen LogP contribution in [0.1, 0.15) is 36.1 Å². The van der Waals surface area contributed by atoms with Gasteiger partial charge < -0.3 is 4.90 Å². The van der Waals surface area contributed by atoms with E-state index >= 15 is 0 Å². The van der Waals surface area contributed by atoms with Crippen LogP contribution in [0.3, 0.4) is 0 Å². The molecule has 1 aliphatic heterocycles. The van der Waals surface area contributed by atoms with Crippen molar-refractivity contribution in [1.82, 2.24) is 4.90 Å². The Morgan fingerprint density at radius 3 is 2.50 bits per heavy atom. The maximum Gasteiger partial charge on any atom is 0.226 e. The van der Waals surface area contributed by atoms with Crippen molar-refractivity contribution in [3.05, 3.63) is 71.3 Å². The summed E-state index contributed by atoms with van der Waals surface area (Å²) in [5.74, 6) is 0.437. The number of rotatable bonds is 4. The Balaban J connectivity index is 1.71. The van der Waals surface area contributed by atoms with Gasteiger partial charge in [0.25, 0.3) is 0 Å². The van der Waals surface area contributed by atoms with E-state index in [0.29, 0.717) is 5.91 Å². The van der Waals surface area contributed by atoms with Crippen molar-refractivity contribution >= 4 is 5.91 Å². The normalized spacial score (nSPS) is 19.5. The Kier molecular flexibility index (Phi) is 4.28. The van der Waals surface area contributed by atoms with Gasteiger partial charge in [-0.3, -0.25) is 4.79 Å². The van der Waals surface area contributed by atoms with Crippen LogP contribution in [-0.4, -0.2) is 17.4 Å². The van der Waals surface area contributed by atoms with Gasteiger partial charge in [0.1, 0.15) is 0 Å². The molecule has 0 bridgehead atoms. The zero-order valence-electron chi connectivity index (χ0n) is 13.3. The number of hydrogen-bond donors (Lipinski definition) is 0. The predicted octanol–water partition coefficient (Wildman–Crippen LogP) is 4.15. The van der Waals surface area contributed by atoms with E-state index in [1.54, 1.807) is 0 Å². The molecule has 22 heavy (non-hydrogen) atoms. The quantitative estimate of drug-likeness (QED) is 0.829. The number of carbonyl (C=O) groups excluding carboxylic acids is 1. The first-order valence-corrected chi connectivity index (χ1v) is 8.06. The van der Waals surface area contributed by atoms with E-state index < -0.39 is 0 Å². The Bertz CT molecular complexity index is 650. The topological polar surface area (TPSA) is 20.3 Å². The molecule has 0 radical (unpaired) electrons. The first-order valence-electron chi connectivity index (χ1n) is 8.06. The summed E-state index contributed by atoms with van der Waals surface area (Å²) in [7, 11) is 0. The van der Waals surface area contributed by atoms with Gasteiger partial charge in [0.2, 0.25) is 5.91 Å². The highest BCUT2D eigenvalue weighted by molar-refractivity contribution is 5.81. The Morgan fingerprint density at radius 1 is 1.09 bits per heavy atom. The molecule has 0 N–H and O–H groups in total. The standard InChI is InChI=1S/C20H23NO/c1-15-8-6-7-11-18(15)14-19-12-13-21(20(19)22)16(2)17-9-4-3-5-10-17/h3-11,16,19H,12-14H2,1-2H3/t16-,19?/m1/s1. The van der Waals surface area contributed by atoms with Gasteiger partial charge in [-0.1, -0.05) is 54.6 Å². The van der Waals surface area contributed by atoms with Gasteiger partial charge in [-0.2, -0.15) is 0 Å². The molecule has 3 rings (SSSR count). The minimum Gasteiger partial charge on any atom is -0.336 e. The van der Waals surface area contributed by atoms with E-state index in [4.69, 9.17) is 0 Å². The molecule has 2 aromatic rings. The lowest BCUT2D eigenvalue weighted by molar-refractivity contribution is -0.132. The maximum absolute atomic E-state index is 12.8. The van der Waals surface area contributed by atoms with E-state index in [1.807, 2.05) is 23.1 Å². The molecule has 2 atom stereocenters. The molecule has 2 aromatic carbocycles. The van der Waals surface area contributed by atoms with E-state index in [-0.39, 0.29) is 12.0 Å². The average molecular weight is 293 g/mol. The van der Waals surface area contributed by atoms with Crippen molar-refractivity contribution in [2.24, 2.45) is 5.92 Å². The zero-order valence-corrected chi connectivity index (χ0v) is 13.3. The third-order valence-electron chi connectivity index (χ3n) is 4.83. The van der Waals surface area contributed by atoms with E-state index in [1.165, 1.54) is 16.7 Å². The molecule has 114 valence electrons.